The van der Waals surface area contributed by atoms with Gasteiger partial charge in [0, 0.05) is 10.0 Å². The predicted octanol–water partition coefficient (Wildman–Crippen LogP) is 3.54. The first kappa shape index (κ1) is 16.5. The fourth-order valence-corrected chi connectivity index (χ4v) is 2.88. The van der Waals surface area contributed by atoms with E-state index in [1.54, 1.807) is 12.1 Å². The van der Waals surface area contributed by atoms with E-state index in [-0.39, 0.29) is 17.4 Å². The summed E-state index contributed by atoms with van der Waals surface area (Å²) in [6.07, 6.45) is 1.38. The number of aromatic nitrogens is 1. The molecule has 3 aromatic rings. The van der Waals surface area contributed by atoms with Gasteiger partial charge in [0.2, 0.25) is 0 Å². The van der Waals surface area contributed by atoms with Crippen molar-refractivity contribution in [3.63, 3.8) is 0 Å². The molecule has 24 heavy (non-hydrogen) atoms. The van der Waals surface area contributed by atoms with Gasteiger partial charge in [-0.3, -0.25) is 4.79 Å². The number of phenols is 1. The number of aromatic hydroxyl groups is 1. The van der Waals surface area contributed by atoms with Crippen LogP contribution in [0.1, 0.15) is 5.56 Å². The van der Waals surface area contributed by atoms with Crippen molar-refractivity contribution in [1.82, 2.24) is 10.4 Å². The van der Waals surface area contributed by atoms with E-state index in [0.29, 0.717) is 16.4 Å². The summed E-state index contributed by atoms with van der Waals surface area (Å²) < 4.78 is 6.32. The van der Waals surface area contributed by atoms with Gasteiger partial charge in [0.25, 0.3) is 11.1 Å². The van der Waals surface area contributed by atoms with Gasteiger partial charge in [-0.1, -0.05) is 39.8 Å². The Bertz CT molecular complexity index is 877. The third-order valence-electron chi connectivity index (χ3n) is 2.98. The molecule has 0 unspecified atom stereocenters. The average Bonchev–Trinajstić information content (AvgIpc) is 2.99. The quantitative estimate of drug-likeness (QED) is 0.385. The molecule has 2 N–H and O–H groups in total. The summed E-state index contributed by atoms with van der Waals surface area (Å²) in [4.78, 5) is 16.1. The lowest BCUT2D eigenvalue weighted by Gasteiger charge is -2.00. The zero-order valence-electron chi connectivity index (χ0n) is 12.3. The minimum Gasteiger partial charge on any atom is -0.507 e. The van der Waals surface area contributed by atoms with E-state index in [1.807, 2.05) is 24.3 Å². The first-order chi connectivity index (χ1) is 11.6. The van der Waals surface area contributed by atoms with Gasteiger partial charge in [0.15, 0.2) is 5.58 Å². The topological polar surface area (TPSA) is 87.7 Å². The molecule has 122 valence electrons. The number of carbonyl (C=O) groups is 1. The molecule has 1 heterocycles. The van der Waals surface area contributed by atoms with Crippen LogP contribution in [-0.4, -0.2) is 28.0 Å². The number of rotatable bonds is 5. The molecule has 0 aliphatic rings. The minimum atomic E-state index is -0.298. The van der Waals surface area contributed by atoms with Crippen molar-refractivity contribution in [3.05, 3.63) is 52.5 Å². The van der Waals surface area contributed by atoms with Gasteiger partial charge in [-0.2, -0.15) is 5.10 Å². The van der Waals surface area contributed by atoms with Gasteiger partial charge in [0.1, 0.15) is 11.3 Å². The molecule has 8 heteroatoms. The van der Waals surface area contributed by atoms with Crippen molar-refractivity contribution >= 4 is 50.9 Å². The smallest absolute Gasteiger partial charge is 0.257 e. The van der Waals surface area contributed by atoms with Crippen molar-refractivity contribution < 1.29 is 14.3 Å². The van der Waals surface area contributed by atoms with E-state index >= 15 is 0 Å². The fourth-order valence-electron chi connectivity index (χ4n) is 1.87. The van der Waals surface area contributed by atoms with Crippen molar-refractivity contribution in [1.29, 1.82) is 0 Å². The molecule has 0 spiro atoms. The summed E-state index contributed by atoms with van der Waals surface area (Å²) in [6.45, 7) is 0. The number of hydrogen-bond donors (Lipinski definition) is 2. The lowest BCUT2D eigenvalue weighted by atomic mass is 10.2. The Morgan fingerprint density at radius 3 is 3.04 bits per heavy atom. The maximum atomic E-state index is 11.8. The van der Waals surface area contributed by atoms with Crippen LogP contribution < -0.4 is 5.43 Å². The molecule has 0 radical (unpaired) electrons. The summed E-state index contributed by atoms with van der Waals surface area (Å²) in [5.74, 6) is -0.0979. The highest BCUT2D eigenvalue weighted by atomic mass is 79.9. The van der Waals surface area contributed by atoms with E-state index in [1.165, 1.54) is 24.0 Å². The van der Waals surface area contributed by atoms with E-state index in [9.17, 15) is 9.90 Å². The molecular formula is C16H12BrN3O3S. The molecule has 6 nitrogen and oxygen atoms in total. The number of para-hydroxylation sites is 2. The summed E-state index contributed by atoms with van der Waals surface area (Å²) in [5, 5.41) is 13.9. The van der Waals surface area contributed by atoms with E-state index in [0.717, 1.165) is 9.99 Å². The molecule has 0 saturated heterocycles. The molecule has 2 aromatic carbocycles. The van der Waals surface area contributed by atoms with Crippen LogP contribution in [0.15, 0.2) is 61.7 Å². The molecule has 3 rings (SSSR count). The standard InChI is InChI=1S/C16H12BrN3O3S/c17-11-5-6-13(21)10(7-11)8-18-20-15(22)9-24-16-19-12-3-1-2-4-14(12)23-16/h1-8,21H,9H2,(H,20,22)/b18-8-. The molecule has 0 aliphatic heterocycles. The summed E-state index contributed by atoms with van der Waals surface area (Å²) in [5.41, 5.74) is 4.33. The van der Waals surface area contributed by atoms with Crippen molar-refractivity contribution in [2.45, 2.75) is 5.22 Å². The lowest BCUT2D eigenvalue weighted by Crippen LogP contribution is -2.19. The maximum absolute atomic E-state index is 11.8. The number of hydrazone groups is 1. The lowest BCUT2D eigenvalue weighted by molar-refractivity contribution is -0.118. The Morgan fingerprint density at radius 2 is 2.21 bits per heavy atom. The summed E-state index contributed by atoms with van der Waals surface area (Å²) in [7, 11) is 0. The monoisotopic (exact) mass is 405 g/mol. The molecule has 0 saturated carbocycles. The number of benzene rings is 2. The second-order valence-electron chi connectivity index (χ2n) is 4.73. The third-order valence-corrected chi connectivity index (χ3v) is 4.30. The SMILES string of the molecule is O=C(CSc1nc2ccccc2o1)N/N=C\c1cc(Br)ccc1O. The van der Waals surface area contributed by atoms with Gasteiger partial charge in [-0.05, 0) is 30.3 Å². The van der Waals surface area contributed by atoms with Crippen LogP contribution in [0, 0.1) is 0 Å². The normalized spacial score (nSPS) is 11.2. The Labute approximate surface area is 150 Å². The van der Waals surface area contributed by atoms with Crippen LogP contribution in [0.2, 0.25) is 0 Å². The van der Waals surface area contributed by atoms with Crippen molar-refractivity contribution in [2.75, 3.05) is 5.75 Å². The van der Waals surface area contributed by atoms with Crippen LogP contribution in [0.5, 0.6) is 5.75 Å². The molecule has 0 fully saturated rings. The predicted molar refractivity (Wildman–Crippen MR) is 96.3 cm³/mol. The fraction of sp³-hybridized carbons (Fsp3) is 0.0625. The van der Waals surface area contributed by atoms with Crippen LogP contribution >= 0.6 is 27.7 Å². The van der Waals surface area contributed by atoms with Crippen LogP contribution in [-0.2, 0) is 4.79 Å². The van der Waals surface area contributed by atoms with E-state index in [2.05, 4.69) is 31.4 Å². The number of amides is 1. The molecular weight excluding hydrogens is 394 g/mol. The molecule has 0 bridgehead atoms. The zero-order chi connectivity index (χ0) is 16.9. The van der Waals surface area contributed by atoms with E-state index in [4.69, 9.17) is 4.42 Å². The van der Waals surface area contributed by atoms with Gasteiger partial charge < -0.3 is 9.52 Å². The number of halogens is 1. The average molecular weight is 406 g/mol. The molecule has 1 aromatic heterocycles. The second-order valence-corrected chi connectivity index (χ2v) is 6.57. The van der Waals surface area contributed by atoms with Gasteiger partial charge in [-0.25, -0.2) is 10.4 Å². The number of hydrogen-bond acceptors (Lipinski definition) is 6. The Balaban J connectivity index is 1.54. The highest BCUT2D eigenvalue weighted by molar-refractivity contribution is 9.10. The molecule has 0 atom stereocenters. The highest BCUT2D eigenvalue weighted by Gasteiger charge is 2.08. The van der Waals surface area contributed by atoms with Crippen LogP contribution in [0.25, 0.3) is 11.1 Å². The summed E-state index contributed by atoms with van der Waals surface area (Å²) >= 11 is 4.49. The number of nitrogens with one attached hydrogen (secondary N) is 1. The third kappa shape index (κ3) is 4.15. The number of thioether (sulfide) groups is 1. The second kappa shape index (κ2) is 7.50. The number of phenolic OH excluding ortho intramolecular Hbond substituents is 1. The first-order valence-electron chi connectivity index (χ1n) is 6.90. The Morgan fingerprint density at radius 1 is 1.38 bits per heavy atom. The number of oxazole rings is 1. The maximum Gasteiger partial charge on any atom is 0.257 e. The minimum absolute atomic E-state index is 0.0806. The van der Waals surface area contributed by atoms with E-state index < -0.39 is 0 Å². The Hall–Kier alpha value is -2.32. The Kier molecular flexibility index (Phi) is 5.17. The number of fused-ring (bicyclic) bond motifs is 1. The summed E-state index contributed by atoms with van der Waals surface area (Å²) in [6, 6.07) is 12.3. The van der Waals surface area contributed by atoms with Gasteiger partial charge in [0.05, 0.1) is 12.0 Å². The van der Waals surface area contributed by atoms with Crippen molar-refractivity contribution in [2.24, 2.45) is 5.10 Å². The largest absolute Gasteiger partial charge is 0.507 e. The highest BCUT2D eigenvalue weighted by Crippen LogP contribution is 2.23. The molecule has 1 amide bonds. The van der Waals surface area contributed by atoms with Crippen LogP contribution in [0.4, 0.5) is 0 Å². The van der Waals surface area contributed by atoms with Gasteiger partial charge >= 0.3 is 0 Å². The number of carbonyl (C=O) groups excluding carboxylic acids is 1. The first-order valence-corrected chi connectivity index (χ1v) is 8.68. The van der Waals surface area contributed by atoms with Crippen molar-refractivity contribution in [3.8, 4) is 5.75 Å². The molecule has 0 aliphatic carbocycles. The number of nitrogens with zero attached hydrogens (tertiary/aromatic N) is 2. The van der Waals surface area contributed by atoms with Crippen LogP contribution in [0.3, 0.4) is 0 Å². The zero-order valence-corrected chi connectivity index (χ0v) is 14.7. The van der Waals surface area contributed by atoms with Gasteiger partial charge in [-0.15, -0.1) is 0 Å².